The molecule has 0 spiro atoms. The normalized spacial score (nSPS) is 14.3. The molecule has 1 aromatic carbocycles. The van der Waals surface area contributed by atoms with Crippen LogP contribution in [0.5, 0.6) is 0 Å². The van der Waals surface area contributed by atoms with E-state index in [1.165, 1.54) is 11.1 Å². The molecule has 1 amide bonds. The highest BCUT2D eigenvalue weighted by molar-refractivity contribution is 5.80. The van der Waals surface area contributed by atoms with E-state index in [0.717, 1.165) is 25.0 Å². The SMILES string of the molecule is O=C(NCCc1cnc[nH]1)C1Cc2ccccc2C1. The van der Waals surface area contributed by atoms with Crippen molar-refractivity contribution in [3.05, 3.63) is 53.6 Å². The number of carbonyl (C=O) groups is 1. The van der Waals surface area contributed by atoms with Crippen LogP contribution < -0.4 is 5.32 Å². The molecule has 0 bridgehead atoms. The maximum atomic E-state index is 12.1. The summed E-state index contributed by atoms with van der Waals surface area (Å²) in [6.45, 7) is 0.661. The van der Waals surface area contributed by atoms with Gasteiger partial charge in [-0.25, -0.2) is 4.98 Å². The van der Waals surface area contributed by atoms with Crippen molar-refractivity contribution in [3.63, 3.8) is 0 Å². The van der Waals surface area contributed by atoms with Crippen LogP contribution in [-0.4, -0.2) is 22.4 Å². The average molecular weight is 255 g/mol. The molecule has 0 aliphatic heterocycles. The molecule has 0 atom stereocenters. The van der Waals surface area contributed by atoms with Gasteiger partial charge >= 0.3 is 0 Å². The molecule has 1 aliphatic carbocycles. The fourth-order valence-corrected chi connectivity index (χ4v) is 2.63. The first-order valence-electron chi connectivity index (χ1n) is 6.64. The third-order valence-corrected chi connectivity index (χ3v) is 3.67. The van der Waals surface area contributed by atoms with E-state index < -0.39 is 0 Å². The van der Waals surface area contributed by atoms with Gasteiger partial charge in [-0.2, -0.15) is 0 Å². The van der Waals surface area contributed by atoms with Crippen molar-refractivity contribution >= 4 is 5.91 Å². The van der Waals surface area contributed by atoms with Crippen LogP contribution in [0.1, 0.15) is 16.8 Å². The standard InChI is InChI=1S/C15H17N3O/c19-15(17-6-5-14-9-16-10-18-14)13-7-11-3-1-2-4-12(11)8-13/h1-4,9-10,13H,5-8H2,(H,16,18)(H,17,19). The molecule has 1 heterocycles. The predicted molar refractivity (Wildman–Crippen MR) is 72.6 cm³/mol. The largest absolute Gasteiger partial charge is 0.355 e. The van der Waals surface area contributed by atoms with Crippen LogP contribution in [0.2, 0.25) is 0 Å². The van der Waals surface area contributed by atoms with Gasteiger partial charge in [0, 0.05) is 30.8 Å². The van der Waals surface area contributed by atoms with Gasteiger partial charge in [-0.05, 0) is 24.0 Å². The third kappa shape index (κ3) is 2.67. The Kier molecular flexibility index (Phi) is 3.31. The van der Waals surface area contributed by atoms with Crippen molar-refractivity contribution in [1.29, 1.82) is 0 Å². The minimum Gasteiger partial charge on any atom is -0.355 e. The van der Waals surface area contributed by atoms with Crippen LogP contribution in [-0.2, 0) is 24.1 Å². The Hall–Kier alpha value is -2.10. The number of aromatic nitrogens is 2. The molecule has 2 N–H and O–H groups in total. The maximum Gasteiger partial charge on any atom is 0.223 e. The second-order valence-corrected chi connectivity index (χ2v) is 4.99. The molecular formula is C15H17N3O. The van der Waals surface area contributed by atoms with Crippen molar-refractivity contribution in [3.8, 4) is 0 Å². The van der Waals surface area contributed by atoms with Gasteiger partial charge in [0.25, 0.3) is 0 Å². The Morgan fingerprint density at radius 3 is 2.68 bits per heavy atom. The van der Waals surface area contributed by atoms with Gasteiger partial charge in [-0.15, -0.1) is 0 Å². The number of nitrogens with zero attached hydrogens (tertiary/aromatic N) is 1. The first-order chi connectivity index (χ1) is 9.33. The van der Waals surface area contributed by atoms with Gasteiger partial charge in [-0.3, -0.25) is 4.79 Å². The lowest BCUT2D eigenvalue weighted by atomic mass is 10.1. The van der Waals surface area contributed by atoms with Gasteiger partial charge in [-0.1, -0.05) is 24.3 Å². The second kappa shape index (κ2) is 5.26. The van der Waals surface area contributed by atoms with Crippen molar-refractivity contribution in [2.45, 2.75) is 19.3 Å². The van der Waals surface area contributed by atoms with Crippen LogP contribution in [0.4, 0.5) is 0 Å². The number of benzene rings is 1. The van der Waals surface area contributed by atoms with Crippen LogP contribution in [0.15, 0.2) is 36.8 Å². The number of hydrogen-bond acceptors (Lipinski definition) is 2. The topological polar surface area (TPSA) is 57.8 Å². The highest BCUT2D eigenvalue weighted by Crippen LogP contribution is 2.26. The Labute approximate surface area is 112 Å². The predicted octanol–water partition coefficient (Wildman–Crippen LogP) is 1.48. The molecule has 98 valence electrons. The minimum absolute atomic E-state index is 0.0965. The maximum absolute atomic E-state index is 12.1. The first kappa shape index (κ1) is 12.0. The lowest BCUT2D eigenvalue weighted by molar-refractivity contribution is -0.124. The van der Waals surface area contributed by atoms with Crippen molar-refractivity contribution in [2.75, 3.05) is 6.54 Å². The second-order valence-electron chi connectivity index (χ2n) is 4.99. The quantitative estimate of drug-likeness (QED) is 0.869. The van der Waals surface area contributed by atoms with Gasteiger partial charge < -0.3 is 10.3 Å². The van der Waals surface area contributed by atoms with Crippen molar-refractivity contribution < 1.29 is 4.79 Å². The van der Waals surface area contributed by atoms with Crippen LogP contribution in [0, 0.1) is 5.92 Å². The molecule has 3 rings (SSSR count). The van der Waals surface area contributed by atoms with E-state index in [9.17, 15) is 4.79 Å². The number of imidazole rings is 1. The summed E-state index contributed by atoms with van der Waals surface area (Å²) in [6.07, 6.45) is 5.98. The lowest BCUT2D eigenvalue weighted by Crippen LogP contribution is -2.32. The van der Waals surface area contributed by atoms with E-state index in [1.807, 2.05) is 12.1 Å². The Morgan fingerprint density at radius 2 is 2.05 bits per heavy atom. The number of rotatable bonds is 4. The van der Waals surface area contributed by atoms with E-state index in [-0.39, 0.29) is 11.8 Å². The molecule has 0 radical (unpaired) electrons. The summed E-state index contributed by atoms with van der Waals surface area (Å²) in [5, 5.41) is 3.01. The fraction of sp³-hybridized carbons (Fsp3) is 0.333. The molecule has 0 fully saturated rings. The number of aromatic amines is 1. The zero-order valence-electron chi connectivity index (χ0n) is 10.7. The van der Waals surface area contributed by atoms with Crippen LogP contribution in [0.3, 0.4) is 0 Å². The summed E-state index contributed by atoms with van der Waals surface area (Å²) in [7, 11) is 0. The lowest BCUT2D eigenvalue weighted by Gasteiger charge is -2.09. The zero-order chi connectivity index (χ0) is 13.1. The number of hydrogen-bond donors (Lipinski definition) is 2. The van der Waals surface area contributed by atoms with Crippen molar-refractivity contribution in [1.82, 2.24) is 15.3 Å². The molecule has 2 aromatic rings. The van der Waals surface area contributed by atoms with E-state index >= 15 is 0 Å². The van der Waals surface area contributed by atoms with Crippen LogP contribution in [0.25, 0.3) is 0 Å². The molecular weight excluding hydrogens is 238 g/mol. The number of H-pyrrole nitrogens is 1. The number of carbonyl (C=O) groups excluding carboxylic acids is 1. The number of amides is 1. The molecule has 0 saturated carbocycles. The molecule has 0 saturated heterocycles. The smallest absolute Gasteiger partial charge is 0.223 e. The highest BCUT2D eigenvalue weighted by Gasteiger charge is 2.26. The van der Waals surface area contributed by atoms with Crippen molar-refractivity contribution in [2.24, 2.45) is 5.92 Å². The monoisotopic (exact) mass is 255 g/mol. The van der Waals surface area contributed by atoms with Crippen LogP contribution >= 0.6 is 0 Å². The summed E-state index contributed by atoms with van der Waals surface area (Å²) in [5.74, 6) is 0.259. The van der Waals surface area contributed by atoms with Gasteiger partial charge in [0.05, 0.1) is 6.33 Å². The highest BCUT2D eigenvalue weighted by atomic mass is 16.1. The third-order valence-electron chi connectivity index (χ3n) is 3.67. The van der Waals surface area contributed by atoms with E-state index in [0.29, 0.717) is 6.54 Å². The fourth-order valence-electron chi connectivity index (χ4n) is 2.63. The van der Waals surface area contributed by atoms with Gasteiger partial charge in [0.1, 0.15) is 0 Å². The summed E-state index contributed by atoms with van der Waals surface area (Å²) in [6, 6.07) is 8.31. The molecule has 4 nitrogen and oxygen atoms in total. The number of fused-ring (bicyclic) bond motifs is 1. The summed E-state index contributed by atoms with van der Waals surface area (Å²) in [5.41, 5.74) is 3.68. The van der Waals surface area contributed by atoms with E-state index in [2.05, 4.69) is 27.4 Å². The van der Waals surface area contributed by atoms with E-state index in [4.69, 9.17) is 0 Å². The molecule has 4 heteroatoms. The molecule has 1 aliphatic rings. The minimum atomic E-state index is 0.0965. The average Bonchev–Trinajstić information content (AvgIpc) is 3.07. The summed E-state index contributed by atoms with van der Waals surface area (Å²) in [4.78, 5) is 19.1. The summed E-state index contributed by atoms with van der Waals surface area (Å²) < 4.78 is 0. The Morgan fingerprint density at radius 1 is 1.32 bits per heavy atom. The summed E-state index contributed by atoms with van der Waals surface area (Å²) >= 11 is 0. The molecule has 1 aromatic heterocycles. The zero-order valence-corrected chi connectivity index (χ0v) is 10.7. The first-order valence-corrected chi connectivity index (χ1v) is 6.64. The molecule has 19 heavy (non-hydrogen) atoms. The number of nitrogens with one attached hydrogen (secondary N) is 2. The Balaban J connectivity index is 1.50. The van der Waals surface area contributed by atoms with Gasteiger partial charge in [0.2, 0.25) is 5.91 Å². The van der Waals surface area contributed by atoms with Gasteiger partial charge in [0.15, 0.2) is 0 Å². The molecule has 0 unspecified atom stereocenters. The van der Waals surface area contributed by atoms with E-state index in [1.54, 1.807) is 12.5 Å². The Bertz CT molecular complexity index is 538.